The maximum absolute atomic E-state index is 12.6. The van der Waals surface area contributed by atoms with Crippen molar-refractivity contribution in [3.05, 3.63) is 52.0 Å². The Bertz CT molecular complexity index is 1010. The molecular formula is C15H11BrClN3O3S2. The summed E-state index contributed by atoms with van der Waals surface area (Å²) in [5.41, 5.74) is 0.799. The lowest BCUT2D eigenvalue weighted by atomic mass is 10.2. The van der Waals surface area contributed by atoms with Crippen LogP contribution >= 0.6 is 38.9 Å². The molecule has 0 spiro atoms. The Morgan fingerprint density at radius 3 is 2.56 bits per heavy atom. The summed E-state index contributed by atoms with van der Waals surface area (Å²) in [5, 5.41) is 9.25. The normalized spacial score (nSPS) is 11.3. The summed E-state index contributed by atoms with van der Waals surface area (Å²) >= 11 is 10.2. The maximum atomic E-state index is 12.6. The van der Waals surface area contributed by atoms with Gasteiger partial charge in [0, 0.05) is 15.1 Å². The van der Waals surface area contributed by atoms with Gasteiger partial charge in [-0.2, -0.15) is 0 Å². The average Bonchev–Trinajstić information content (AvgIpc) is 3.03. The van der Waals surface area contributed by atoms with E-state index in [1.165, 1.54) is 13.2 Å². The van der Waals surface area contributed by atoms with E-state index in [0.717, 1.165) is 16.9 Å². The molecule has 0 atom stereocenters. The summed E-state index contributed by atoms with van der Waals surface area (Å²) in [5.74, 6) is 0.234. The summed E-state index contributed by atoms with van der Waals surface area (Å²) in [6.45, 7) is 0. The lowest BCUT2D eigenvalue weighted by Gasteiger charge is -2.10. The second-order valence-electron chi connectivity index (χ2n) is 4.82. The molecule has 0 fully saturated rings. The number of aromatic nitrogens is 2. The highest BCUT2D eigenvalue weighted by molar-refractivity contribution is 9.10. The first-order valence-corrected chi connectivity index (χ1v) is 10.3. The van der Waals surface area contributed by atoms with Crippen LogP contribution in [0.5, 0.6) is 5.75 Å². The summed E-state index contributed by atoms with van der Waals surface area (Å²) in [6.07, 6.45) is 0. The number of hydrogen-bond donors (Lipinski definition) is 1. The van der Waals surface area contributed by atoms with Crippen LogP contribution in [0.1, 0.15) is 0 Å². The minimum Gasteiger partial charge on any atom is -0.495 e. The Hall–Kier alpha value is -1.68. The molecule has 0 saturated heterocycles. The van der Waals surface area contributed by atoms with Crippen molar-refractivity contribution in [2.45, 2.75) is 4.90 Å². The van der Waals surface area contributed by atoms with Crippen LogP contribution in [0.15, 0.2) is 51.8 Å². The SMILES string of the molecule is COc1ccc(Br)cc1S(=O)(=O)Nc1nnc(-c2ccc(Cl)cc2)s1. The van der Waals surface area contributed by atoms with Gasteiger partial charge in [-0.15, -0.1) is 10.2 Å². The number of nitrogens with zero attached hydrogens (tertiary/aromatic N) is 2. The number of ether oxygens (including phenoxy) is 1. The van der Waals surface area contributed by atoms with Crippen molar-refractivity contribution < 1.29 is 13.2 Å². The lowest BCUT2D eigenvalue weighted by molar-refractivity contribution is 0.403. The first kappa shape index (κ1) is 18.1. The molecular weight excluding hydrogens is 450 g/mol. The zero-order chi connectivity index (χ0) is 18.0. The average molecular weight is 461 g/mol. The molecule has 0 amide bonds. The van der Waals surface area contributed by atoms with Crippen molar-refractivity contribution >= 4 is 54.0 Å². The van der Waals surface area contributed by atoms with Crippen LogP contribution in [0.25, 0.3) is 10.6 Å². The third-order valence-electron chi connectivity index (χ3n) is 3.15. The Labute approximate surface area is 162 Å². The number of benzene rings is 2. The van der Waals surface area contributed by atoms with Crippen LogP contribution in [-0.2, 0) is 10.0 Å². The fourth-order valence-corrected chi connectivity index (χ4v) is 4.82. The number of sulfonamides is 1. The third-order valence-corrected chi connectivity index (χ3v) is 6.28. The van der Waals surface area contributed by atoms with Crippen LogP contribution in [0.2, 0.25) is 5.02 Å². The quantitative estimate of drug-likeness (QED) is 0.609. The zero-order valence-electron chi connectivity index (χ0n) is 12.7. The van der Waals surface area contributed by atoms with Gasteiger partial charge in [0.1, 0.15) is 15.7 Å². The molecule has 0 radical (unpaired) electrons. The fraction of sp³-hybridized carbons (Fsp3) is 0.0667. The summed E-state index contributed by atoms with van der Waals surface area (Å²) < 4.78 is 33.4. The Balaban J connectivity index is 1.90. The first-order valence-electron chi connectivity index (χ1n) is 6.85. The molecule has 0 aliphatic carbocycles. The number of nitrogens with one attached hydrogen (secondary N) is 1. The number of methoxy groups -OCH3 is 1. The molecule has 0 aliphatic heterocycles. The molecule has 3 rings (SSSR count). The molecule has 0 unspecified atom stereocenters. The van der Waals surface area contributed by atoms with Crippen molar-refractivity contribution in [1.29, 1.82) is 0 Å². The van der Waals surface area contributed by atoms with E-state index in [4.69, 9.17) is 16.3 Å². The molecule has 0 saturated carbocycles. The van der Waals surface area contributed by atoms with Gasteiger partial charge in [-0.3, -0.25) is 4.72 Å². The van der Waals surface area contributed by atoms with Crippen molar-refractivity contribution in [3.63, 3.8) is 0 Å². The standard InChI is InChI=1S/C15H11BrClN3O3S2/c1-23-12-7-4-10(16)8-13(12)25(21,22)20-15-19-18-14(24-15)9-2-5-11(17)6-3-9/h2-8H,1H3,(H,19,20). The van der Waals surface area contributed by atoms with Crippen molar-refractivity contribution in [3.8, 4) is 16.3 Å². The zero-order valence-corrected chi connectivity index (χ0v) is 16.7. The van der Waals surface area contributed by atoms with Gasteiger partial charge in [-0.25, -0.2) is 8.42 Å². The lowest BCUT2D eigenvalue weighted by Crippen LogP contribution is -2.14. The number of anilines is 1. The van der Waals surface area contributed by atoms with Crippen LogP contribution in [-0.4, -0.2) is 25.7 Å². The molecule has 0 bridgehead atoms. The monoisotopic (exact) mass is 459 g/mol. The van der Waals surface area contributed by atoms with E-state index in [2.05, 4.69) is 30.8 Å². The van der Waals surface area contributed by atoms with Gasteiger partial charge < -0.3 is 4.74 Å². The summed E-state index contributed by atoms with van der Waals surface area (Å²) in [4.78, 5) is 0.00705. The van der Waals surface area contributed by atoms with Gasteiger partial charge in [-0.1, -0.05) is 51.0 Å². The van der Waals surface area contributed by atoms with E-state index >= 15 is 0 Å². The molecule has 1 aromatic heterocycles. The van der Waals surface area contributed by atoms with E-state index in [1.807, 2.05) is 0 Å². The van der Waals surface area contributed by atoms with E-state index in [9.17, 15) is 8.42 Å². The molecule has 1 N–H and O–H groups in total. The molecule has 2 aromatic carbocycles. The van der Waals surface area contributed by atoms with E-state index in [-0.39, 0.29) is 15.8 Å². The second kappa shape index (κ2) is 7.28. The third kappa shape index (κ3) is 4.12. The Morgan fingerprint density at radius 1 is 1.16 bits per heavy atom. The van der Waals surface area contributed by atoms with Gasteiger partial charge in [-0.05, 0) is 30.3 Å². The van der Waals surface area contributed by atoms with Gasteiger partial charge in [0.2, 0.25) is 5.13 Å². The largest absolute Gasteiger partial charge is 0.495 e. The van der Waals surface area contributed by atoms with Crippen LogP contribution in [0.4, 0.5) is 5.13 Å². The van der Waals surface area contributed by atoms with Gasteiger partial charge in [0.05, 0.1) is 7.11 Å². The smallest absolute Gasteiger partial charge is 0.267 e. The highest BCUT2D eigenvalue weighted by Gasteiger charge is 2.22. The molecule has 6 nitrogen and oxygen atoms in total. The molecule has 0 aliphatic rings. The van der Waals surface area contributed by atoms with Crippen molar-refractivity contribution in [2.75, 3.05) is 11.8 Å². The predicted molar refractivity (Wildman–Crippen MR) is 102 cm³/mol. The van der Waals surface area contributed by atoms with E-state index in [1.54, 1.807) is 36.4 Å². The minimum atomic E-state index is -3.87. The Morgan fingerprint density at radius 2 is 1.88 bits per heavy atom. The van der Waals surface area contributed by atoms with Crippen molar-refractivity contribution in [2.24, 2.45) is 0 Å². The molecule has 10 heteroatoms. The van der Waals surface area contributed by atoms with Crippen LogP contribution in [0.3, 0.4) is 0 Å². The van der Waals surface area contributed by atoms with Crippen LogP contribution in [0, 0.1) is 0 Å². The summed E-state index contributed by atoms with van der Waals surface area (Å²) in [7, 11) is -2.46. The second-order valence-corrected chi connectivity index (χ2v) is 8.80. The van der Waals surface area contributed by atoms with E-state index < -0.39 is 10.0 Å². The van der Waals surface area contributed by atoms with Gasteiger partial charge in [0.15, 0.2) is 0 Å². The maximum Gasteiger partial charge on any atom is 0.267 e. The van der Waals surface area contributed by atoms with Crippen molar-refractivity contribution in [1.82, 2.24) is 10.2 Å². The van der Waals surface area contributed by atoms with Crippen LogP contribution < -0.4 is 9.46 Å². The van der Waals surface area contributed by atoms with Gasteiger partial charge in [0.25, 0.3) is 10.0 Å². The predicted octanol–water partition coefficient (Wildman–Crippen LogP) is 4.43. The number of hydrogen-bond acceptors (Lipinski definition) is 6. The number of rotatable bonds is 5. The molecule has 1 heterocycles. The highest BCUT2D eigenvalue weighted by Crippen LogP contribution is 2.31. The number of halogens is 2. The Kier molecular flexibility index (Phi) is 5.28. The topological polar surface area (TPSA) is 81.2 Å². The fourth-order valence-electron chi connectivity index (χ4n) is 2.00. The molecule has 130 valence electrons. The summed E-state index contributed by atoms with van der Waals surface area (Å²) in [6, 6.07) is 11.8. The van der Waals surface area contributed by atoms with E-state index in [0.29, 0.717) is 14.5 Å². The highest BCUT2D eigenvalue weighted by atomic mass is 79.9. The van der Waals surface area contributed by atoms with Gasteiger partial charge >= 0.3 is 0 Å². The minimum absolute atomic E-state index is 0.00705. The first-order chi connectivity index (χ1) is 11.9. The molecule has 3 aromatic rings. The molecule has 25 heavy (non-hydrogen) atoms.